The topological polar surface area (TPSA) is 43.4 Å². The van der Waals surface area contributed by atoms with Crippen LogP contribution >= 0.6 is 11.6 Å². The Kier molecular flexibility index (Phi) is 4.41. The summed E-state index contributed by atoms with van der Waals surface area (Å²) in [7, 11) is -3.26. The first-order valence-electron chi connectivity index (χ1n) is 7.75. The molecule has 1 aliphatic rings. The van der Waals surface area contributed by atoms with E-state index < -0.39 is 21.3 Å². The van der Waals surface area contributed by atoms with E-state index in [9.17, 15) is 12.8 Å². The highest BCUT2D eigenvalue weighted by Gasteiger charge is 2.34. The van der Waals surface area contributed by atoms with Crippen molar-refractivity contribution in [2.24, 2.45) is 0 Å². The smallest absolute Gasteiger partial charge is 0.175 e. The van der Waals surface area contributed by atoms with Crippen molar-refractivity contribution in [3.05, 3.63) is 64.4 Å². The summed E-state index contributed by atoms with van der Waals surface area (Å²) in [5.74, 6) is 0.191. The van der Waals surface area contributed by atoms with E-state index in [1.165, 1.54) is 12.3 Å². The first kappa shape index (κ1) is 18.0. The lowest BCUT2D eigenvalue weighted by Crippen LogP contribution is -2.17. The Balaban J connectivity index is 2.10. The van der Waals surface area contributed by atoms with Crippen molar-refractivity contribution in [3.63, 3.8) is 0 Å². The zero-order valence-electron chi connectivity index (χ0n) is 14.1. The zero-order chi connectivity index (χ0) is 18.4. The molecule has 2 aromatic carbocycles. The van der Waals surface area contributed by atoms with Gasteiger partial charge >= 0.3 is 0 Å². The van der Waals surface area contributed by atoms with Gasteiger partial charge in [-0.05, 0) is 55.8 Å². The fraction of sp³-hybridized carbons (Fsp3) is 0.263. The van der Waals surface area contributed by atoms with E-state index in [1.807, 2.05) is 13.8 Å². The third-order valence-corrected chi connectivity index (χ3v) is 5.49. The molecule has 0 amide bonds. The van der Waals surface area contributed by atoms with Crippen molar-refractivity contribution in [3.8, 4) is 0 Å². The van der Waals surface area contributed by atoms with Gasteiger partial charge in [0.2, 0.25) is 0 Å². The number of ether oxygens (including phenoxy) is 1. The van der Waals surface area contributed by atoms with Crippen LogP contribution in [0.3, 0.4) is 0 Å². The van der Waals surface area contributed by atoms with Crippen LogP contribution in [0, 0.1) is 5.82 Å². The first-order chi connectivity index (χ1) is 11.6. The van der Waals surface area contributed by atoms with Crippen LogP contribution in [0.4, 0.5) is 4.39 Å². The van der Waals surface area contributed by atoms with Crippen LogP contribution in [-0.4, -0.2) is 20.3 Å². The summed E-state index contributed by atoms with van der Waals surface area (Å²) in [6, 6.07) is 11.1. The number of hydrogen-bond donors (Lipinski definition) is 0. The highest BCUT2D eigenvalue weighted by Crippen LogP contribution is 2.44. The Hall–Kier alpha value is -1.85. The molecular formula is C19H18ClFO3S. The van der Waals surface area contributed by atoms with Crippen LogP contribution in [0.2, 0.25) is 5.02 Å². The van der Waals surface area contributed by atoms with Gasteiger partial charge in [-0.3, -0.25) is 0 Å². The number of benzene rings is 2. The molecule has 1 heterocycles. The Morgan fingerprint density at radius 1 is 1.08 bits per heavy atom. The molecule has 1 aliphatic heterocycles. The largest absolute Gasteiger partial charge is 0.487 e. The molecule has 132 valence electrons. The minimum atomic E-state index is -3.26. The van der Waals surface area contributed by atoms with Crippen LogP contribution in [0.25, 0.3) is 11.3 Å². The third kappa shape index (κ3) is 3.72. The normalized spacial score (nSPS) is 16.8. The molecule has 0 unspecified atom stereocenters. The lowest BCUT2D eigenvalue weighted by atomic mass is 9.94. The van der Waals surface area contributed by atoms with E-state index >= 15 is 0 Å². The predicted molar refractivity (Wildman–Crippen MR) is 97.6 cm³/mol. The third-order valence-electron chi connectivity index (χ3n) is 4.07. The van der Waals surface area contributed by atoms with E-state index in [0.29, 0.717) is 12.2 Å². The van der Waals surface area contributed by atoms with Crippen molar-refractivity contribution >= 4 is 32.8 Å². The second kappa shape index (κ2) is 6.15. The van der Waals surface area contributed by atoms with Crippen molar-refractivity contribution in [2.75, 3.05) is 6.26 Å². The second-order valence-electron chi connectivity index (χ2n) is 6.77. The summed E-state index contributed by atoms with van der Waals surface area (Å²) in [5.41, 5.74) is 2.06. The Morgan fingerprint density at radius 3 is 2.24 bits per heavy atom. The number of sulfone groups is 1. The summed E-state index contributed by atoms with van der Waals surface area (Å²) in [6.07, 6.45) is 1.81. The van der Waals surface area contributed by atoms with Crippen LogP contribution in [0.5, 0.6) is 0 Å². The van der Waals surface area contributed by atoms with Crippen molar-refractivity contribution in [1.29, 1.82) is 0 Å². The maximum atomic E-state index is 13.5. The van der Waals surface area contributed by atoms with E-state index in [1.54, 1.807) is 36.4 Å². The Bertz CT molecular complexity index is 961. The average molecular weight is 381 g/mol. The second-order valence-corrected chi connectivity index (χ2v) is 9.19. The lowest BCUT2D eigenvalue weighted by Gasteiger charge is -2.19. The molecule has 0 atom stereocenters. The molecule has 0 aliphatic carbocycles. The minimum Gasteiger partial charge on any atom is -0.487 e. The molecule has 2 aromatic rings. The maximum Gasteiger partial charge on any atom is 0.175 e. The van der Waals surface area contributed by atoms with Gasteiger partial charge in [-0.15, -0.1) is 0 Å². The number of halogens is 2. The molecular weight excluding hydrogens is 363 g/mol. The molecule has 0 aromatic heterocycles. The van der Waals surface area contributed by atoms with Crippen LogP contribution in [0.15, 0.2) is 47.4 Å². The lowest BCUT2D eigenvalue weighted by molar-refractivity contribution is 0.101. The molecule has 0 saturated carbocycles. The molecule has 6 heteroatoms. The Labute approximate surface area is 152 Å². The van der Waals surface area contributed by atoms with Gasteiger partial charge < -0.3 is 4.74 Å². The van der Waals surface area contributed by atoms with Crippen LogP contribution in [0.1, 0.15) is 31.4 Å². The molecule has 0 spiro atoms. The van der Waals surface area contributed by atoms with E-state index in [-0.39, 0.29) is 9.92 Å². The van der Waals surface area contributed by atoms with Crippen molar-refractivity contribution in [1.82, 2.24) is 0 Å². The van der Waals surface area contributed by atoms with Gasteiger partial charge in [0.25, 0.3) is 0 Å². The predicted octanol–water partition coefficient (Wildman–Crippen LogP) is 4.95. The van der Waals surface area contributed by atoms with Crippen molar-refractivity contribution in [2.45, 2.75) is 30.8 Å². The summed E-state index contributed by atoms with van der Waals surface area (Å²) >= 11 is 5.92. The minimum absolute atomic E-state index is 0.0569. The molecule has 3 nitrogen and oxygen atoms in total. The molecule has 0 radical (unpaired) electrons. The van der Waals surface area contributed by atoms with Gasteiger partial charge in [-0.25, -0.2) is 12.8 Å². The van der Waals surface area contributed by atoms with Gasteiger partial charge in [-0.2, -0.15) is 0 Å². The monoisotopic (exact) mass is 380 g/mol. The highest BCUT2D eigenvalue weighted by atomic mass is 35.5. The fourth-order valence-electron chi connectivity index (χ4n) is 2.88. The molecule has 3 rings (SSSR count). The number of rotatable bonds is 3. The SMILES string of the molecule is CC1(C)CC(c2ccc(F)c(Cl)c2)=C(c2ccc(S(C)(=O)=O)cc2)O1. The van der Waals surface area contributed by atoms with Gasteiger partial charge in [0.15, 0.2) is 9.84 Å². The molecule has 0 N–H and O–H groups in total. The molecule has 0 fully saturated rings. The maximum absolute atomic E-state index is 13.5. The zero-order valence-corrected chi connectivity index (χ0v) is 15.7. The average Bonchev–Trinajstić information content (AvgIpc) is 2.85. The fourth-order valence-corrected chi connectivity index (χ4v) is 3.69. The molecule has 0 bridgehead atoms. The quantitative estimate of drug-likeness (QED) is 0.756. The highest BCUT2D eigenvalue weighted by molar-refractivity contribution is 7.90. The van der Waals surface area contributed by atoms with Crippen LogP contribution < -0.4 is 0 Å². The molecule has 25 heavy (non-hydrogen) atoms. The van der Waals surface area contributed by atoms with Gasteiger partial charge in [0, 0.05) is 23.8 Å². The van der Waals surface area contributed by atoms with E-state index in [4.69, 9.17) is 16.3 Å². The Morgan fingerprint density at radius 2 is 1.68 bits per heavy atom. The van der Waals surface area contributed by atoms with Crippen LogP contribution in [-0.2, 0) is 14.6 Å². The standard InChI is InChI=1S/C19H18ClFO3S/c1-19(2)11-15(13-6-9-17(21)16(20)10-13)18(24-19)12-4-7-14(8-5-12)25(3,22)23/h4-10H,11H2,1-3H3. The van der Waals surface area contributed by atoms with Gasteiger partial charge in [0.1, 0.15) is 17.2 Å². The summed E-state index contributed by atoms with van der Waals surface area (Å²) < 4.78 is 42.8. The first-order valence-corrected chi connectivity index (χ1v) is 10.0. The summed E-state index contributed by atoms with van der Waals surface area (Å²) in [6.45, 7) is 3.94. The molecule has 0 saturated heterocycles. The van der Waals surface area contributed by atoms with Gasteiger partial charge in [0.05, 0.1) is 9.92 Å². The summed E-state index contributed by atoms with van der Waals surface area (Å²) in [4.78, 5) is 0.250. The van der Waals surface area contributed by atoms with Crippen molar-refractivity contribution < 1.29 is 17.5 Å². The summed E-state index contributed by atoms with van der Waals surface area (Å²) in [5, 5.41) is 0.0569. The van der Waals surface area contributed by atoms with Gasteiger partial charge in [-0.1, -0.05) is 17.7 Å². The van der Waals surface area contributed by atoms with E-state index in [2.05, 4.69) is 0 Å². The van der Waals surface area contributed by atoms with E-state index in [0.717, 1.165) is 16.7 Å². The number of hydrogen-bond acceptors (Lipinski definition) is 3.